The maximum atomic E-state index is 10.8. The Morgan fingerprint density at radius 2 is 0.742 bits per heavy atom. The number of cyclic esters (lactones) is 4. The number of unbranched alkanes of at least 4 members (excludes halogenated alkanes) is 2. The first-order chi connectivity index (χ1) is 15.0. The molecule has 0 saturated carbocycles. The zero-order chi connectivity index (χ0) is 23.8. The summed E-state index contributed by atoms with van der Waals surface area (Å²) in [5.41, 5.74) is 1.44. The van der Waals surface area contributed by atoms with Gasteiger partial charge in [-0.25, -0.2) is 19.2 Å². The summed E-state index contributed by atoms with van der Waals surface area (Å²) in [6.07, 6.45) is 4.08. The normalized spacial score (nSPS) is 12.1. The third-order valence-electron chi connectivity index (χ3n) is 3.81. The lowest BCUT2D eigenvalue weighted by Crippen LogP contribution is -1.96. The number of fused-ring (bicyclic) bond motifs is 2. The number of ether oxygens (including phenoxy) is 2. The minimum atomic E-state index is -0.550. The highest BCUT2D eigenvalue weighted by Crippen LogP contribution is 2.19. The first kappa shape index (κ1) is 27.7. The number of benzene rings is 2. The Morgan fingerprint density at radius 3 is 0.903 bits per heavy atom. The number of hydrogen-bond donors (Lipinski definition) is 0. The molecule has 0 bridgehead atoms. The highest BCUT2D eigenvalue weighted by molar-refractivity contribution is 6.15. The van der Waals surface area contributed by atoms with Crippen LogP contribution in [-0.2, 0) is 9.47 Å². The second-order valence-corrected chi connectivity index (χ2v) is 5.80. The quantitative estimate of drug-likeness (QED) is 0.415. The fraction of sp³-hybridized carbons (Fsp3) is 0.360. The van der Waals surface area contributed by atoms with Gasteiger partial charge in [-0.05, 0) is 24.3 Å². The SMILES string of the molecule is CC.CC.CCCCC.O=C1OC(=O)c2ccccc21.O=C1OC(=O)c2ccccc21. The summed E-state index contributed by atoms with van der Waals surface area (Å²) >= 11 is 0. The van der Waals surface area contributed by atoms with Crippen molar-refractivity contribution in [3.05, 3.63) is 70.8 Å². The van der Waals surface area contributed by atoms with Gasteiger partial charge in [0, 0.05) is 0 Å². The Labute approximate surface area is 184 Å². The predicted molar refractivity (Wildman–Crippen MR) is 120 cm³/mol. The zero-order valence-electron chi connectivity index (χ0n) is 19.2. The molecule has 31 heavy (non-hydrogen) atoms. The molecule has 2 aliphatic heterocycles. The van der Waals surface area contributed by atoms with Gasteiger partial charge in [0.2, 0.25) is 0 Å². The van der Waals surface area contributed by atoms with E-state index >= 15 is 0 Å². The average molecular weight is 429 g/mol. The van der Waals surface area contributed by atoms with Crippen molar-refractivity contribution in [3.8, 4) is 0 Å². The van der Waals surface area contributed by atoms with Crippen LogP contribution >= 0.6 is 0 Å². The topological polar surface area (TPSA) is 86.7 Å². The molecule has 4 rings (SSSR count). The smallest absolute Gasteiger partial charge is 0.346 e. The van der Waals surface area contributed by atoms with Gasteiger partial charge < -0.3 is 9.47 Å². The Kier molecular flexibility index (Phi) is 13.9. The Balaban J connectivity index is 0.000000427. The van der Waals surface area contributed by atoms with Crippen molar-refractivity contribution in [2.75, 3.05) is 0 Å². The largest absolute Gasteiger partial charge is 0.386 e. The molecule has 0 aromatic heterocycles. The molecule has 0 radical (unpaired) electrons. The summed E-state index contributed by atoms with van der Waals surface area (Å²) in [5.74, 6) is -2.20. The molecule has 2 heterocycles. The van der Waals surface area contributed by atoms with E-state index in [1.54, 1.807) is 48.5 Å². The Bertz CT molecular complexity index is 732. The van der Waals surface area contributed by atoms with Crippen molar-refractivity contribution in [2.45, 2.75) is 60.8 Å². The molecule has 2 aromatic carbocycles. The van der Waals surface area contributed by atoms with Crippen LogP contribution in [0.3, 0.4) is 0 Å². The summed E-state index contributed by atoms with van der Waals surface area (Å²) in [6, 6.07) is 13.1. The molecule has 2 aliphatic rings. The van der Waals surface area contributed by atoms with Crippen molar-refractivity contribution in [2.24, 2.45) is 0 Å². The van der Waals surface area contributed by atoms with Gasteiger partial charge in [0.05, 0.1) is 22.3 Å². The molecule has 6 heteroatoms. The summed E-state index contributed by atoms with van der Waals surface area (Å²) in [7, 11) is 0. The highest BCUT2D eigenvalue weighted by atomic mass is 16.6. The van der Waals surface area contributed by atoms with E-state index in [1.165, 1.54) is 19.3 Å². The van der Waals surface area contributed by atoms with Crippen molar-refractivity contribution in [3.63, 3.8) is 0 Å². The molecule has 0 saturated heterocycles. The Hall–Kier alpha value is -3.28. The average Bonchev–Trinajstić information content (AvgIpc) is 3.28. The van der Waals surface area contributed by atoms with Crippen molar-refractivity contribution < 1.29 is 28.7 Å². The number of carbonyl (C=O) groups is 4. The minimum Gasteiger partial charge on any atom is -0.386 e. The fourth-order valence-electron chi connectivity index (χ4n) is 2.42. The number of carbonyl (C=O) groups excluding carboxylic acids is 4. The summed E-state index contributed by atoms with van der Waals surface area (Å²) < 4.78 is 8.71. The van der Waals surface area contributed by atoms with Gasteiger partial charge in [-0.1, -0.05) is 85.1 Å². The molecule has 0 spiro atoms. The zero-order valence-corrected chi connectivity index (χ0v) is 19.2. The van der Waals surface area contributed by atoms with Gasteiger partial charge in [-0.15, -0.1) is 0 Å². The molecule has 6 nitrogen and oxygen atoms in total. The third-order valence-corrected chi connectivity index (χ3v) is 3.81. The number of hydrogen-bond acceptors (Lipinski definition) is 6. The van der Waals surface area contributed by atoms with Gasteiger partial charge in [0.15, 0.2) is 0 Å². The van der Waals surface area contributed by atoms with Gasteiger partial charge in [-0.2, -0.15) is 0 Å². The van der Waals surface area contributed by atoms with E-state index in [1.807, 2.05) is 27.7 Å². The molecule has 0 unspecified atom stereocenters. The van der Waals surface area contributed by atoms with Crippen LogP contribution in [0.4, 0.5) is 0 Å². The van der Waals surface area contributed by atoms with Crippen LogP contribution in [0.15, 0.2) is 48.5 Å². The monoisotopic (exact) mass is 428 g/mol. The molecule has 168 valence electrons. The van der Waals surface area contributed by atoms with Crippen LogP contribution in [0.2, 0.25) is 0 Å². The van der Waals surface area contributed by atoms with Crippen LogP contribution in [0.5, 0.6) is 0 Å². The first-order valence-corrected chi connectivity index (χ1v) is 10.7. The van der Waals surface area contributed by atoms with Crippen LogP contribution in [0.1, 0.15) is 102 Å². The molecule has 0 atom stereocenters. The molecular formula is C25H32O6. The van der Waals surface area contributed by atoms with E-state index in [2.05, 4.69) is 23.3 Å². The minimum absolute atomic E-state index is 0.359. The molecule has 0 amide bonds. The van der Waals surface area contributed by atoms with Crippen molar-refractivity contribution in [1.29, 1.82) is 0 Å². The summed E-state index contributed by atoms with van der Waals surface area (Å²) in [5, 5.41) is 0. The predicted octanol–water partition coefficient (Wildman–Crippen LogP) is 6.24. The first-order valence-electron chi connectivity index (χ1n) is 10.7. The number of rotatable bonds is 2. The standard InChI is InChI=1S/2C8H4O3.C5H12.2C2H6/c2*9-7-5-3-1-2-4-6(5)8(10)11-7;1-3-5-4-2;2*1-2/h2*1-4H;3-5H2,1-2H3;2*1-2H3. The van der Waals surface area contributed by atoms with Gasteiger partial charge in [0.1, 0.15) is 0 Å². The van der Waals surface area contributed by atoms with Crippen molar-refractivity contribution >= 4 is 23.9 Å². The fourth-order valence-corrected chi connectivity index (χ4v) is 2.42. The van der Waals surface area contributed by atoms with Crippen LogP contribution in [0.25, 0.3) is 0 Å². The summed E-state index contributed by atoms with van der Waals surface area (Å²) in [6.45, 7) is 12.4. The van der Waals surface area contributed by atoms with Gasteiger partial charge in [-0.3, -0.25) is 0 Å². The van der Waals surface area contributed by atoms with Crippen LogP contribution in [0, 0.1) is 0 Å². The Morgan fingerprint density at radius 1 is 0.516 bits per heavy atom. The van der Waals surface area contributed by atoms with Crippen LogP contribution < -0.4 is 0 Å². The molecule has 2 aromatic rings. The van der Waals surface area contributed by atoms with E-state index in [9.17, 15) is 19.2 Å². The lowest BCUT2D eigenvalue weighted by Gasteiger charge is -1.86. The number of esters is 4. The molecular weight excluding hydrogens is 396 g/mol. The summed E-state index contributed by atoms with van der Waals surface area (Å²) in [4.78, 5) is 43.3. The van der Waals surface area contributed by atoms with Gasteiger partial charge in [0.25, 0.3) is 0 Å². The maximum absolute atomic E-state index is 10.8. The van der Waals surface area contributed by atoms with Crippen LogP contribution in [-0.4, -0.2) is 23.9 Å². The van der Waals surface area contributed by atoms with E-state index in [0.29, 0.717) is 22.3 Å². The molecule has 0 fully saturated rings. The van der Waals surface area contributed by atoms with E-state index in [0.717, 1.165) is 0 Å². The lowest BCUT2D eigenvalue weighted by atomic mass is 10.1. The molecule has 0 aliphatic carbocycles. The maximum Gasteiger partial charge on any atom is 0.346 e. The van der Waals surface area contributed by atoms with E-state index in [4.69, 9.17) is 0 Å². The highest BCUT2D eigenvalue weighted by Gasteiger charge is 2.29. The van der Waals surface area contributed by atoms with Gasteiger partial charge >= 0.3 is 23.9 Å². The van der Waals surface area contributed by atoms with E-state index in [-0.39, 0.29) is 0 Å². The van der Waals surface area contributed by atoms with E-state index < -0.39 is 23.9 Å². The molecule has 0 N–H and O–H groups in total. The lowest BCUT2D eigenvalue weighted by molar-refractivity contribution is 0.0425. The third kappa shape index (κ3) is 8.16. The second-order valence-electron chi connectivity index (χ2n) is 5.80. The van der Waals surface area contributed by atoms with Crippen molar-refractivity contribution in [1.82, 2.24) is 0 Å². The second kappa shape index (κ2) is 15.5.